The van der Waals surface area contributed by atoms with Crippen molar-refractivity contribution in [2.24, 2.45) is 5.92 Å². The molecule has 1 unspecified atom stereocenters. The second kappa shape index (κ2) is 4.53. The quantitative estimate of drug-likeness (QED) is 0.709. The summed E-state index contributed by atoms with van der Waals surface area (Å²) in [5, 5.41) is 12.8. The van der Waals surface area contributed by atoms with E-state index in [0.717, 1.165) is 12.8 Å². The molecule has 4 heteroatoms. The molecule has 0 spiro atoms. The van der Waals surface area contributed by atoms with E-state index >= 15 is 0 Å². The normalized spacial score (nSPS) is 20.9. The third kappa shape index (κ3) is 2.42. The molecule has 0 aliphatic heterocycles. The van der Waals surface area contributed by atoms with Crippen LogP contribution < -0.4 is 5.32 Å². The lowest BCUT2D eigenvalue weighted by atomic mass is 9.96. The van der Waals surface area contributed by atoms with E-state index in [0.29, 0.717) is 16.9 Å². The first-order valence-electron chi connectivity index (χ1n) is 5.07. The number of hydrogen-bond acceptors (Lipinski definition) is 3. The number of thioether (sulfide) groups is 1. The van der Waals surface area contributed by atoms with Crippen LogP contribution in [-0.4, -0.2) is 34.7 Å². The molecular formula is C10H19NO2S. The number of hydrogen-bond donors (Lipinski definition) is 2. The maximum absolute atomic E-state index is 11.3. The molecule has 1 saturated carbocycles. The number of nitrogens with one attached hydrogen (secondary N) is 1. The summed E-state index contributed by atoms with van der Waals surface area (Å²) in [6.45, 7) is 4.19. The number of carboxylic acids is 1. The second-order valence-corrected chi connectivity index (χ2v) is 5.73. The molecule has 1 rings (SSSR count). The molecule has 1 fully saturated rings. The van der Waals surface area contributed by atoms with Gasteiger partial charge in [-0.1, -0.05) is 13.8 Å². The minimum absolute atomic E-state index is 0.330. The highest BCUT2D eigenvalue weighted by Crippen LogP contribution is 2.41. The van der Waals surface area contributed by atoms with Crippen molar-refractivity contribution in [2.45, 2.75) is 37.5 Å². The summed E-state index contributed by atoms with van der Waals surface area (Å²) in [5.74, 6) is 0.299. The van der Waals surface area contributed by atoms with Crippen LogP contribution >= 0.6 is 11.8 Å². The van der Waals surface area contributed by atoms with Crippen molar-refractivity contribution in [2.75, 3.05) is 12.8 Å². The van der Waals surface area contributed by atoms with Crippen LogP contribution in [0.15, 0.2) is 0 Å². The zero-order valence-corrected chi connectivity index (χ0v) is 9.86. The van der Waals surface area contributed by atoms with Gasteiger partial charge in [-0.05, 0) is 31.1 Å². The Bertz CT molecular complexity index is 216. The summed E-state index contributed by atoms with van der Waals surface area (Å²) < 4.78 is 0. The molecule has 14 heavy (non-hydrogen) atoms. The van der Waals surface area contributed by atoms with Crippen LogP contribution in [0, 0.1) is 5.92 Å². The maximum Gasteiger partial charge on any atom is 0.325 e. The Balaban J connectivity index is 2.63. The monoisotopic (exact) mass is 217 g/mol. The molecular weight excluding hydrogens is 198 g/mol. The third-order valence-electron chi connectivity index (χ3n) is 2.75. The Morgan fingerprint density at radius 2 is 2.21 bits per heavy atom. The van der Waals surface area contributed by atoms with Gasteiger partial charge in [-0.15, -0.1) is 0 Å². The minimum Gasteiger partial charge on any atom is -0.480 e. The molecule has 1 aliphatic carbocycles. The summed E-state index contributed by atoms with van der Waals surface area (Å²) in [6.07, 6.45) is 2.09. The van der Waals surface area contributed by atoms with Crippen molar-refractivity contribution in [1.82, 2.24) is 5.32 Å². The second-order valence-electron chi connectivity index (χ2n) is 4.16. The number of carbonyl (C=O) groups is 1. The number of likely N-dealkylation sites (N-methyl/N-ethyl adjacent to an activating group) is 1. The van der Waals surface area contributed by atoms with Gasteiger partial charge in [0.25, 0.3) is 0 Å². The maximum atomic E-state index is 11.3. The van der Waals surface area contributed by atoms with Crippen LogP contribution in [-0.2, 0) is 4.79 Å². The molecule has 1 aliphatic rings. The van der Waals surface area contributed by atoms with Gasteiger partial charge in [-0.3, -0.25) is 4.79 Å². The number of carboxylic acid groups (broad SMARTS) is 1. The van der Waals surface area contributed by atoms with E-state index in [1.165, 1.54) is 0 Å². The molecule has 0 aromatic rings. The predicted octanol–water partition coefficient (Wildman–Crippen LogP) is 1.58. The fourth-order valence-electron chi connectivity index (χ4n) is 1.61. The topological polar surface area (TPSA) is 49.3 Å². The van der Waals surface area contributed by atoms with Gasteiger partial charge in [0.1, 0.15) is 5.54 Å². The van der Waals surface area contributed by atoms with Crippen LogP contribution in [0.1, 0.15) is 26.7 Å². The Hall–Kier alpha value is -0.220. The van der Waals surface area contributed by atoms with Gasteiger partial charge < -0.3 is 10.4 Å². The van der Waals surface area contributed by atoms with Crippen molar-refractivity contribution in [3.05, 3.63) is 0 Å². The molecule has 0 heterocycles. The smallest absolute Gasteiger partial charge is 0.325 e. The summed E-state index contributed by atoms with van der Waals surface area (Å²) in [7, 11) is 1.76. The van der Waals surface area contributed by atoms with Gasteiger partial charge >= 0.3 is 5.97 Å². The highest BCUT2D eigenvalue weighted by Gasteiger charge is 2.50. The van der Waals surface area contributed by atoms with Crippen molar-refractivity contribution in [3.8, 4) is 0 Å². The Labute approximate surface area is 89.6 Å². The summed E-state index contributed by atoms with van der Waals surface area (Å²) in [4.78, 5) is 11.3. The average molecular weight is 217 g/mol. The molecule has 0 bridgehead atoms. The molecule has 0 radical (unpaired) electrons. The van der Waals surface area contributed by atoms with Crippen LogP contribution in [0.3, 0.4) is 0 Å². The van der Waals surface area contributed by atoms with Crippen molar-refractivity contribution in [3.63, 3.8) is 0 Å². The molecule has 0 aromatic heterocycles. The van der Waals surface area contributed by atoms with E-state index in [4.69, 9.17) is 0 Å². The SMILES string of the molecule is CNC(CSC(C)C)(C(=O)O)C1CC1. The van der Waals surface area contributed by atoms with E-state index in [1.807, 2.05) is 0 Å². The molecule has 1 atom stereocenters. The molecule has 2 N–H and O–H groups in total. The fourth-order valence-corrected chi connectivity index (χ4v) is 2.71. The van der Waals surface area contributed by atoms with Crippen LogP contribution in [0.4, 0.5) is 0 Å². The summed E-state index contributed by atoms with van der Waals surface area (Å²) in [6, 6.07) is 0. The summed E-state index contributed by atoms with van der Waals surface area (Å²) >= 11 is 1.72. The Morgan fingerprint density at radius 3 is 2.50 bits per heavy atom. The standard InChI is InChI=1S/C10H19NO2S/c1-7(2)14-6-10(11-3,9(12)13)8-4-5-8/h7-8,11H,4-6H2,1-3H3,(H,12,13). The van der Waals surface area contributed by atoms with Crippen LogP contribution in [0.5, 0.6) is 0 Å². The molecule has 3 nitrogen and oxygen atoms in total. The van der Waals surface area contributed by atoms with Gasteiger partial charge in [0.15, 0.2) is 0 Å². The Morgan fingerprint density at radius 1 is 1.64 bits per heavy atom. The van der Waals surface area contributed by atoms with Gasteiger partial charge in [0, 0.05) is 5.75 Å². The van der Waals surface area contributed by atoms with E-state index in [1.54, 1.807) is 18.8 Å². The highest BCUT2D eigenvalue weighted by molar-refractivity contribution is 7.99. The number of rotatable bonds is 6. The molecule has 0 saturated heterocycles. The van der Waals surface area contributed by atoms with Crippen molar-refractivity contribution >= 4 is 17.7 Å². The average Bonchev–Trinajstić information content (AvgIpc) is 2.89. The van der Waals surface area contributed by atoms with Gasteiger partial charge in [0.2, 0.25) is 0 Å². The van der Waals surface area contributed by atoms with Crippen molar-refractivity contribution in [1.29, 1.82) is 0 Å². The fraction of sp³-hybridized carbons (Fsp3) is 0.900. The van der Waals surface area contributed by atoms with E-state index < -0.39 is 11.5 Å². The first-order valence-corrected chi connectivity index (χ1v) is 6.11. The lowest BCUT2D eigenvalue weighted by Gasteiger charge is -2.29. The first-order chi connectivity index (χ1) is 6.53. The Kier molecular flexibility index (Phi) is 3.84. The van der Waals surface area contributed by atoms with Gasteiger partial charge in [-0.2, -0.15) is 11.8 Å². The van der Waals surface area contributed by atoms with Crippen LogP contribution in [0.2, 0.25) is 0 Å². The lowest BCUT2D eigenvalue weighted by Crippen LogP contribution is -2.54. The van der Waals surface area contributed by atoms with E-state index in [9.17, 15) is 9.90 Å². The zero-order chi connectivity index (χ0) is 10.8. The van der Waals surface area contributed by atoms with E-state index in [2.05, 4.69) is 19.2 Å². The lowest BCUT2D eigenvalue weighted by molar-refractivity contribution is -0.144. The van der Waals surface area contributed by atoms with E-state index in [-0.39, 0.29) is 0 Å². The molecule has 0 amide bonds. The molecule has 0 aromatic carbocycles. The van der Waals surface area contributed by atoms with Crippen LogP contribution in [0.25, 0.3) is 0 Å². The van der Waals surface area contributed by atoms with Crippen molar-refractivity contribution < 1.29 is 9.90 Å². The summed E-state index contributed by atoms with van der Waals surface area (Å²) in [5.41, 5.74) is -0.686. The minimum atomic E-state index is -0.698. The number of aliphatic carboxylic acids is 1. The highest BCUT2D eigenvalue weighted by atomic mass is 32.2. The first kappa shape index (κ1) is 11.9. The predicted molar refractivity (Wildman–Crippen MR) is 59.7 cm³/mol. The van der Waals surface area contributed by atoms with Gasteiger partial charge in [0.05, 0.1) is 0 Å². The largest absolute Gasteiger partial charge is 0.480 e. The zero-order valence-electron chi connectivity index (χ0n) is 9.04. The third-order valence-corrected chi connectivity index (χ3v) is 4.04. The van der Waals surface area contributed by atoms with Gasteiger partial charge in [-0.25, -0.2) is 0 Å². The molecule has 82 valence electrons.